The first kappa shape index (κ1) is 22.9. The van der Waals surface area contributed by atoms with Crippen LogP contribution in [0.2, 0.25) is 0 Å². The molecule has 0 aliphatic carbocycles. The number of nitrogens with one attached hydrogen (secondary N) is 1. The number of carbonyl (C=O) groups excluding carboxylic acids is 1. The highest BCUT2D eigenvalue weighted by atomic mass is 32.2. The molecule has 1 heterocycles. The van der Waals surface area contributed by atoms with Crippen molar-refractivity contribution in [3.05, 3.63) is 60.7 Å². The van der Waals surface area contributed by atoms with E-state index in [2.05, 4.69) is 9.97 Å². The number of nitrogens with two attached hydrogens (primary N) is 1. The van der Waals surface area contributed by atoms with Crippen LogP contribution in [0.1, 0.15) is 5.69 Å². The number of methoxy groups -OCH3 is 2. The number of imidazole rings is 1. The fraction of sp³-hybridized carbons (Fsp3) is 0.200. The molecule has 0 bridgehead atoms. The normalized spacial score (nSPS) is 13.4. The van der Waals surface area contributed by atoms with E-state index in [9.17, 15) is 17.8 Å². The molecule has 2 atom stereocenters. The lowest BCUT2D eigenvalue weighted by molar-refractivity contribution is -0.112. The molecule has 0 fully saturated rings. The van der Waals surface area contributed by atoms with Crippen molar-refractivity contribution in [2.45, 2.75) is 17.4 Å². The second kappa shape index (κ2) is 9.57. The fourth-order valence-electron chi connectivity index (χ4n) is 3.08. The first-order valence-corrected chi connectivity index (χ1v) is 11.9. The Morgan fingerprint density at radius 2 is 1.94 bits per heavy atom. The van der Waals surface area contributed by atoms with Crippen molar-refractivity contribution in [2.75, 3.05) is 14.2 Å². The standard InChI is InChI=1S/C20H22N3O6PS/c1-28-14-7-8-17(16(10-14)29-2)30(18-5-3-4-6-19(18)31(25,26)27)20(24)15(21)9-13-11-22-12-23-13/h3-8,10-12,15H,9,21H2,1-2H3,(H,22,23)(H,25,26,27)/t15-,30?/m0/s1. The summed E-state index contributed by atoms with van der Waals surface area (Å²) in [5.41, 5.74) is 6.43. The van der Waals surface area contributed by atoms with E-state index in [0.29, 0.717) is 22.5 Å². The quantitative estimate of drug-likeness (QED) is 0.317. The first-order valence-electron chi connectivity index (χ1n) is 9.12. The van der Waals surface area contributed by atoms with Gasteiger partial charge < -0.3 is 20.2 Å². The summed E-state index contributed by atoms with van der Waals surface area (Å²) >= 11 is 0. The van der Waals surface area contributed by atoms with E-state index >= 15 is 0 Å². The lowest BCUT2D eigenvalue weighted by Crippen LogP contribution is -2.37. The Hall–Kier alpha value is -2.78. The van der Waals surface area contributed by atoms with Crippen molar-refractivity contribution in [1.29, 1.82) is 0 Å². The number of aromatic amines is 1. The molecule has 0 aliphatic rings. The Bertz CT molecular complexity index is 1170. The van der Waals surface area contributed by atoms with Gasteiger partial charge in [0.25, 0.3) is 10.1 Å². The van der Waals surface area contributed by atoms with Gasteiger partial charge in [0.1, 0.15) is 16.4 Å². The third kappa shape index (κ3) is 5.11. The number of ether oxygens (including phenoxy) is 2. The summed E-state index contributed by atoms with van der Waals surface area (Å²) < 4.78 is 44.6. The summed E-state index contributed by atoms with van der Waals surface area (Å²) in [5.74, 6) is 0.850. The van der Waals surface area contributed by atoms with Crippen molar-refractivity contribution in [3.63, 3.8) is 0 Å². The van der Waals surface area contributed by atoms with Gasteiger partial charge in [0, 0.05) is 37.2 Å². The molecule has 0 saturated heterocycles. The van der Waals surface area contributed by atoms with E-state index in [-0.39, 0.29) is 16.6 Å². The molecule has 1 unspecified atom stereocenters. The number of aromatic nitrogens is 2. The second-order valence-electron chi connectivity index (χ2n) is 6.53. The number of hydrogen-bond donors (Lipinski definition) is 3. The van der Waals surface area contributed by atoms with Gasteiger partial charge >= 0.3 is 0 Å². The minimum absolute atomic E-state index is 0.158. The van der Waals surface area contributed by atoms with Crippen LogP contribution >= 0.6 is 7.92 Å². The van der Waals surface area contributed by atoms with Crippen LogP contribution in [-0.4, -0.2) is 48.7 Å². The van der Waals surface area contributed by atoms with Gasteiger partial charge in [0.15, 0.2) is 5.52 Å². The van der Waals surface area contributed by atoms with E-state index in [4.69, 9.17) is 15.2 Å². The molecule has 1 aromatic heterocycles. The van der Waals surface area contributed by atoms with Crippen molar-refractivity contribution in [1.82, 2.24) is 9.97 Å². The maximum absolute atomic E-state index is 13.6. The highest BCUT2D eigenvalue weighted by Gasteiger charge is 2.34. The van der Waals surface area contributed by atoms with E-state index < -0.39 is 29.6 Å². The third-order valence-electron chi connectivity index (χ3n) is 4.53. The molecule has 0 aliphatic heterocycles. The molecule has 9 nitrogen and oxygen atoms in total. The van der Waals surface area contributed by atoms with Crippen LogP contribution < -0.4 is 25.8 Å². The number of hydrogen-bond acceptors (Lipinski definition) is 7. The predicted octanol–water partition coefficient (Wildman–Crippen LogP) is 1.20. The second-order valence-corrected chi connectivity index (χ2v) is 9.99. The van der Waals surface area contributed by atoms with Gasteiger partial charge in [0.05, 0.1) is 32.3 Å². The van der Waals surface area contributed by atoms with Crippen LogP contribution in [0.5, 0.6) is 11.5 Å². The number of benzene rings is 2. The highest BCUT2D eigenvalue weighted by molar-refractivity contribution is 7.91. The lowest BCUT2D eigenvalue weighted by Gasteiger charge is -2.24. The molecular formula is C20H22N3O6PS. The van der Waals surface area contributed by atoms with Gasteiger partial charge in [-0.1, -0.05) is 18.2 Å². The molecule has 3 aromatic rings. The average Bonchev–Trinajstić information content (AvgIpc) is 3.26. The van der Waals surface area contributed by atoms with E-state index in [0.717, 1.165) is 0 Å². The molecule has 3 rings (SSSR count). The average molecular weight is 463 g/mol. The Balaban J connectivity index is 2.17. The zero-order chi connectivity index (χ0) is 22.6. The van der Waals surface area contributed by atoms with Gasteiger partial charge in [-0.2, -0.15) is 8.42 Å². The first-order chi connectivity index (χ1) is 14.8. The van der Waals surface area contributed by atoms with Gasteiger partial charge in [-0.15, -0.1) is 0 Å². The van der Waals surface area contributed by atoms with E-state index in [1.807, 2.05) is 0 Å². The predicted molar refractivity (Wildman–Crippen MR) is 117 cm³/mol. The molecule has 11 heteroatoms. The van der Waals surface area contributed by atoms with Crippen LogP contribution in [0.4, 0.5) is 0 Å². The van der Waals surface area contributed by atoms with Crippen molar-refractivity contribution >= 4 is 34.2 Å². The molecule has 4 N–H and O–H groups in total. The summed E-state index contributed by atoms with van der Waals surface area (Å²) in [6.07, 6.45) is 3.28. The number of rotatable bonds is 9. The largest absolute Gasteiger partial charge is 0.497 e. The Kier molecular flexibility index (Phi) is 7.07. The van der Waals surface area contributed by atoms with Crippen LogP contribution in [0.25, 0.3) is 0 Å². The van der Waals surface area contributed by atoms with Crippen molar-refractivity contribution in [2.24, 2.45) is 5.73 Å². The van der Waals surface area contributed by atoms with Crippen LogP contribution in [0, 0.1) is 0 Å². The molecule has 0 saturated carbocycles. The zero-order valence-electron chi connectivity index (χ0n) is 16.8. The van der Waals surface area contributed by atoms with Gasteiger partial charge in [-0.3, -0.25) is 9.35 Å². The summed E-state index contributed by atoms with van der Waals surface area (Å²) in [6, 6.07) is 9.75. The van der Waals surface area contributed by atoms with Crippen LogP contribution in [0.3, 0.4) is 0 Å². The number of carbonyl (C=O) groups is 1. The molecule has 0 radical (unpaired) electrons. The molecule has 0 amide bonds. The number of nitrogens with zero attached hydrogens (tertiary/aromatic N) is 1. The summed E-state index contributed by atoms with van der Waals surface area (Å²) in [7, 11) is -3.64. The summed E-state index contributed by atoms with van der Waals surface area (Å²) in [5, 5.41) is 0.614. The Morgan fingerprint density at radius 1 is 1.19 bits per heavy atom. The maximum atomic E-state index is 13.6. The number of H-pyrrole nitrogens is 1. The Labute approximate surface area is 181 Å². The van der Waals surface area contributed by atoms with Gasteiger partial charge in [0.2, 0.25) is 0 Å². The lowest BCUT2D eigenvalue weighted by atomic mass is 10.2. The zero-order valence-corrected chi connectivity index (χ0v) is 18.6. The topological polar surface area (TPSA) is 145 Å². The van der Waals surface area contributed by atoms with E-state index in [1.54, 1.807) is 30.5 Å². The van der Waals surface area contributed by atoms with Crippen LogP contribution in [-0.2, 0) is 21.3 Å². The molecule has 31 heavy (non-hydrogen) atoms. The Morgan fingerprint density at radius 3 is 2.55 bits per heavy atom. The maximum Gasteiger partial charge on any atom is 0.295 e. The minimum atomic E-state index is -4.59. The fourth-order valence-corrected chi connectivity index (χ4v) is 6.57. The minimum Gasteiger partial charge on any atom is -0.497 e. The molecule has 164 valence electrons. The van der Waals surface area contributed by atoms with Crippen molar-refractivity contribution in [3.8, 4) is 11.5 Å². The molecular weight excluding hydrogens is 441 g/mol. The van der Waals surface area contributed by atoms with Gasteiger partial charge in [-0.25, -0.2) is 4.98 Å². The van der Waals surface area contributed by atoms with E-state index in [1.165, 1.54) is 38.7 Å². The van der Waals surface area contributed by atoms with Crippen LogP contribution in [0.15, 0.2) is 59.9 Å². The van der Waals surface area contributed by atoms with Crippen molar-refractivity contribution < 1.29 is 27.2 Å². The highest BCUT2D eigenvalue weighted by Crippen LogP contribution is 2.42. The summed E-state index contributed by atoms with van der Waals surface area (Å²) in [6.45, 7) is 0. The smallest absolute Gasteiger partial charge is 0.295 e. The molecule has 2 aromatic carbocycles. The monoisotopic (exact) mass is 463 g/mol. The third-order valence-corrected chi connectivity index (χ3v) is 8.09. The molecule has 0 spiro atoms. The summed E-state index contributed by atoms with van der Waals surface area (Å²) in [4.78, 5) is 20.1. The van der Waals surface area contributed by atoms with Gasteiger partial charge in [-0.05, 0) is 18.2 Å². The SMILES string of the molecule is COc1ccc(P(C(=O)[C@@H](N)Cc2c[nH]cn2)c2ccccc2S(=O)(=O)O)c(OC)c1.